The van der Waals surface area contributed by atoms with Crippen LogP contribution in [0, 0.1) is 6.92 Å². The third-order valence-corrected chi connectivity index (χ3v) is 3.50. The molecule has 96 valence electrons. The van der Waals surface area contributed by atoms with Crippen LogP contribution in [0.25, 0.3) is 11.5 Å². The summed E-state index contributed by atoms with van der Waals surface area (Å²) in [5.41, 5.74) is 2.71. The van der Waals surface area contributed by atoms with Gasteiger partial charge in [0, 0.05) is 5.38 Å². The molecular formula is C13H15NO3S. The monoisotopic (exact) mass is 265 g/mol. The molecule has 0 atom stereocenters. The van der Waals surface area contributed by atoms with Crippen LogP contribution in [-0.2, 0) is 11.2 Å². The highest BCUT2D eigenvalue weighted by atomic mass is 32.1. The Labute approximate surface area is 110 Å². The first-order valence-electron chi connectivity index (χ1n) is 5.78. The molecule has 0 radical (unpaired) electrons. The van der Waals surface area contributed by atoms with Gasteiger partial charge in [0.05, 0.1) is 18.4 Å². The maximum atomic E-state index is 11.6. The van der Waals surface area contributed by atoms with Crippen molar-refractivity contribution in [3.05, 3.63) is 27.8 Å². The lowest BCUT2D eigenvalue weighted by molar-refractivity contribution is 0.0564. The van der Waals surface area contributed by atoms with Crippen molar-refractivity contribution < 1.29 is 13.9 Å². The number of rotatable bonds is 4. The third-order valence-electron chi connectivity index (χ3n) is 2.64. The number of hydrogen-bond donors (Lipinski definition) is 0. The summed E-state index contributed by atoms with van der Waals surface area (Å²) in [5, 5.41) is 3.99. The van der Waals surface area contributed by atoms with Crippen molar-refractivity contribution in [1.82, 2.24) is 4.98 Å². The Morgan fingerprint density at radius 1 is 1.50 bits per heavy atom. The molecule has 0 N–H and O–H groups in total. The average molecular weight is 265 g/mol. The molecule has 2 aromatic heterocycles. The Hall–Kier alpha value is -1.62. The zero-order valence-electron chi connectivity index (χ0n) is 10.6. The number of carbonyl (C=O) groups excluding carboxylic acids is 1. The summed E-state index contributed by atoms with van der Waals surface area (Å²) in [7, 11) is 1.34. The third kappa shape index (κ3) is 2.31. The number of thiophene rings is 1. The fourth-order valence-corrected chi connectivity index (χ4v) is 2.53. The Morgan fingerprint density at radius 3 is 2.83 bits per heavy atom. The molecule has 2 heterocycles. The Morgan fingerprint density at radius 2 is 2.28 bits per heavy atom. The summed E-state index contributed by atoms with van der Waals surface area (Å²) < 4.78 is 10.3. The predicted molar refractivity (Wildman–Crippen MR) is 69.9 cm³/mol. The van der Waals surface area contributed by atoms with Gasteiger partial charge in [0.15, 0.2) is 0 Å². The largest absolute Gasteiger partial charge is 0.463 e. The minimum Gasteiger partial charge on any atom is -0.463 e. The van der Waals surface area contributed by atoms with E-state index in [-0.39, 0.29) is 5.76 Å². The molecular weight excluding hydrogens is 250 g/mol. The Kier molecular flexibility index (Phi) is 3.81. The van der Waals surface area contributed by atoms with Crippen LogP contribution in [0.4, 0.5) is 0 Å². The molecule has 0 saturated carbocycles. The van der Waals surface area contributed by atoms with E-state index in [1.165, 1.54) is 7.11 Å². The van der Waals surface area contributed by atoms with Crippen molar-refractivity contribution >= 4 is 17.3 Å². The molecule has 2 aromatic rings. The van der Waals surface area contributed by atoms with E-state index < -0.39 is 5.97 Å². The van der Waals surface area contributed by atoms with Gasteiger partial charge in [-0.25, -0.2) is 9.78 Å². The van der Waals surface area contributed by atoms with Crippen LogP contribution in [0.5, 0.6) is 0 Å². The van der Waals surface area contributed by atoms with Gasteiger partial charge in [0.25, 0.3) is 0 Å². The van der Waals surface area contributed by atoms with Crippen molar-refractivity contribution in [3.63, 3.8) is 0 Å². The van der Waals surface area contributed by atoms with E-state index in [1.807, 2.05) is 24.6 Å². The lowest BCUT2D eigenvalue weighted by Gasteiger charge is -1.96. The normalized spacial score (nSPS) is 10.6. The Balaban J connectivity index is 2.45. The molecule has 0 bridgehead atoms. The first kappa shape index (κ1) is 12.8. The van der Waals surface area contributed by atoms with Crippen LogP contribution in [-0.4, -0.2) is 18.1 Å². The quantitative estimate of drug-likeness (QED) is 0.794. The number of nitrogens with zero attached hydrogens (tertiary/aromatic N) is 1. The summed E-state index contributed by atoms with van der Waals surface area (Å²) >= 11 is 1.59. The van der Waals surface area contributed by atoms with Crippen LogP contribution in [0.1, 0.15) is 35.2 Å². The maximum Gasteiger partial charge on any atom is 0.376 e. The summed E-state index contributed by atoms with van der Waals surface area (Å²) in [6, 6.07) is 0. The minimum atomic E-state index is -0.468. The van der Waals surface area contributed by atoms with E-state index in [9.17, 15) is 4.79 Å². The summed E-state index contributed by atoms with van der Waals surface area (Å²) in [6.07, 6.45) is 1.61. The molecule has 0 amide bonds. The molecule has 5 heteroatoms. The fraction of sp³-hybridized carbons (Fsp3) is 0.385. The Bertz CT molecular complexity index is 556. The van der Waals surface area contributed by atoms with Crippen molar-refractivity contribution in [2.24, 2.45) is 0 Å². The molecule has 0 aliphatic heterocycles. The van der Waals surface area contributed by atoms with Crippen molar-refractivity contribution in [2.45, 2.75) is 26.7 Å². The maximum absolute atomic E-state index is 11.6. The van der Waals surface area contributed by atoms with Crippen LogP contribution in [0.15, 0.2) is 15.2 Å². The summed E-state index contributed by atoms with van der Waals surface area (Å²) in [4.78, 5) is 16.0. The first-order chi connectivity index (χ1) is 8.67. The van der Waals surface area contributed by atoms with E-state index >= 15 is 0 Å². The second-order valence-corrected chi connectivity index (χ2v) is 4.75. The lowest BCUT2D eigenvalue weighted by atomic mass is 10.2. The van der Waals surface area contributed by atoms with Gasteiger partial charge in [0.1, 0.15) is 0 Å². The van der Waals surface area contributed by atoms with E-state index in [0.717, 1.165) is 17.5 Å². The number of hydrogen-bond acceptors (Lipinski definition) is 5. The van der Waals surface area contributed by atoms with Gasteiger partial charge in [-0.15, -0.1) is 0 Å². The topological polar surface area (TPSA) is 52.3 Å². The highest BCUT2D eigenvalue weighted by Gasteiger charge is 2.21. The molecule has 0 unspecified atom stereocenters. The molecule has 0 aromatic carbocycles. The van der Waals surface area contributed by atoms with E-state index in [1.54, 1.807) is 11.3 Å². The zero-order valence-corrected chi connectivity index (χ0v) is 11.5. The van der Waals surface area contributed by atoms with E-state index in [2.05, 4.69) is 4.98 Å². The number of methoxy groups -OCH3 is 1. The number of esters is 1. The van der Waals surface area contributed by atoms with E-state index in [4.69, 9.17) is 9.15 Å². The molecule has 0 fully saturated rings. The van der Waals surface area contributed by atoms with Gasteiger partial charge in [-0.1, -0.05) is 13.3 Å². The summed E-state index contributed by atoms with van der Waals surface area (Å²) in [5.74, 6) is 0.252. The SMILES string of the molecule is CCCc1nc(-c2cscc2C)oc1C(=O)OC. The number of aromatic nitrogens is 1. The lowest BCUT2D eigenvalue weighted by Crippen LogP contribution is -2.03. The van der Waals surface area contributed by atoms with Gasteiger partial charge < -0.3 is 9.15 Å². The molecule has 2 rings (SSSR count). The second-order valence-electron chi connectivity index (χ2n) is 4.00. The van der Waals surface area contributed by atoms with Crippen LogP contribution < -0.4 is 0 Å². The number of carbonyl (C=O) groups is 1. The number of oxazole rings is 1. The van der Waals surface area contributed by atoms with Gasteiger partial charge in [0.2, 0.25) is 11.7 Å². The van der Waals surface area contributed by atoms with Crippen molar-refractivity contribution in [1.29, 1.82) is 0 Å². The first-order valence-corrected chi connectivity index (χ1v) is 6.72. The molecule has 18 heavy (non-hydrogen) atoms. The predicted octanol–water partition coefficient (Wildman–Crippen LogP) is 3.45. The van der Waals surface area contributed by atoms with Gasteiger partial charge in [-0.2, -0.15) is 11.3 Å². The molecule has 0 aliphatic rings. The van der Waals surface area contributed by atoms with Gasteiger partial charge in [-0.05, 0) is 24.3 Å². The van der Waals surface area contributed by atoms with Crippen LogP contribution in [0.2, 0.25) is 0 Å². The smallest absolute Gasteiger partial charge is 0.376 e. The van der Waals surface area contributed by atoms with E-state index in [0.29, 0.717) is 18.0 Å². The highest BCUT2D eigenvalue weighted by Crippen LogP contribution is 2.28. The van der Waals surface area contributed by atoms with Crippen molar-refractivity contribution in [3.8, 4) is 11.5 Å². The highest BCUT2D eigenvalue weighted by molar-refractivity contribution is 7.08. The van der Waals surface area contributed by atoms with Crippen LogP contribution in [0.3, 0.4) is 0 Å². The van der Waals surface area contributed by atoms with Crippen molar-refractivity contribution in [2.75, 3.05) is 7.11 Å². The molecule has 0 saturated heterocycles. The molecule has 0 spiro atoms. The van der Waals surface area contributed by atoms with Crippen LogP contribution >= 0.6 is 11.3 Å². The number of aryl methyl sites for hydroxylation is 2. The molecule has 0 aliphatic carbocycles. The minimum absolute atomic E-state index is 0.222. The average Bonchev–Trinajstić information content (AvgIpc) is 2.95. The molecule has 4 nitrogen and oxygen atoms in total. The fourth-order valence-electron chi connectivity index (χ4n) is 1.71. The standard InChI is InChI=1S/C13H15NO3S/c1-4-5-10-11(13(15)16-3)17-12(14-10)9-7-18-6-8(9)2/h6-7H,4-5H2,1-3H3. The second kappa shape index (κ2) is 5.35. The zero-order chi connectivity index (χ0) is 13.1. The van der Waals surface area contributed by atoms with Gasteiger partial charge >= 0.3 is 5.97 Å². The van der Waals surface area contributed by atoms with Gasteiger partial charge in [-0.3, -0.25) is 0 Å². The number of ether oxygens (including phenoxy) is 1. The summed E-state index contributed by atoms with van der Waals surface area (Å²) in [6.45, 7) is 4.03.